The molecule has 21 heavy (non-hydrogen) atoms. The second-order valence-corrected chi connectivity index (χ2v) is 4.89. The fraction of sp³-hybridized carbons (Fsp3) is 0.353. The van der Waals surface area contributed by atoms with Crippen LogP contribution in [0, 0.1) is 0 Å². The van der Waals surface area contributed by atoms with Crippen molar-refractivity contribution >= 4 is 23.0 Å². The van der Waals surface area contributed by atoms with Gasteiger partial charge in [0.1, 0.15) is 0 Å². The molecule has 0 bridgehead atoms. The van der Waals surface area contributed by atoms with Crippen molar-refractivity contribution in [2.45, 2.75) is 26.7 Å². The summed E-state index contributed by atoms with van der Waals surface area (Å²) in [7, 11) is 0. The lowest BCUT2D eigenvalue weighted by molar-refractivity contribution is -0.125. The number of hydrogen-bond donors (Lipinski definition) is 0. The first kappa shape index (κ1) is 15.2. The number of carbonyl (C=O) groups excluding carboxylic acids is 1. The second-order valence-electron chi connectivity index (χ2n) is 4.89. The summed E-state index contributed by atoms with van der Waals surface area (Å²) in [6.45, 7) is 5.65. The molecule has 0 aliphatic heterocycles. The summed E-state index contributed by atoms with van der Waals surface area (Å²) in [5.41, 5.74) is 2.40. The monoisotopic (exact) mass is 283 g/mol. The zero-order valence-electron chi connectivity index (χ0n) is 12.6. The zero-order chi connectivity index (χ0) is 15.1. The van der Waals surface area contributed by atoms with E-state index in [4.69, 9.17) is 0 Å². The number of likely N-dealkylation sites (N-methyl/N-ethyl adjacent to an activating group) is 1. The van der Waals surface area contributed by atoms with Crippen LogP contribution in [0.3, 0.4) is 0 Å². The summed E-state index contributed by atoms with van der Waals surface area (Å²) < 4.78 is 0. The van der Waals surface area contributed by atoms with E-state index in [-0.39, 0.29) is 5.91 Å². The van der Waals surface area contributed by atoms with Crippen molar-refractivity contribution in [1.82, 2.24) is 14.9 Å². The van der Waals surface area contributed by atoms with Gasteiger partial charge in [0.2, 0.25) is 5.91 Å². The molecule has 0 spiro atoms. The molecule has 0 aliphatic carbocycles. The molecule has 1 aromatic carbocycles. The Bertz CT molecular complexity index is 637. The third-order valence-corrected chi connectivity index (χ3v) is 3.34. The van der Waals surface area contributed by atoms with Gasteiger partial charge in [-0.3, -0.25) is 9.78 Å². The second kappa shape index (κ2) is 7.53. The van der Waals surface area contributed by atoms with E-state index in [9.17, 15) is 4.79 Å². The number of benzene rings is 1. The van der Waals surface area contributed by atoms with Gasteiger partial charge in [-0.15, -0.1) is 0 Å². The van der Waals surface area contributed by atoms with E-state index in [1.165, 1.54) is 0 Å². The van der Waals surface area contributed by atoms with E-state index in [2.05, 4.69) is 16.9 Å². The molecule has 2 aromatic rings. The predicted octanol–water partition coefficient (Wildman–Crippen LogP) is 3.29. The van der Waals surface area contributed by atoms with Gasteiger partial charge in [-0.1, -0.05) is 25.5 Å². The number of carbonyl (C=O) groups is 1. The third-order valence-electron chi connectivity index (χ3n) is 3.34. The van der Waals surface area contributed by atoms with E-state index in [0.29, 0.717) is 5.69 Å². The molecule has 0 fully saturated rings. The largest absolute Gasteiger partial charge is 0.339 e. The highest BCUT2D eigenvalue weighted by Crippen LogP contribution is 2.09. The number of aromatic nitrogens is 2. The molecule has 0 N–H and O–H groups in total. The summed E-state index contributed by atoms with van der Waals surface area (Å²) >= 11 is 0. The zero-order valence-corrected chi connectivity index (χ0v) is 12.6. The molecule has 0 unspecified atom stereocenters. The molecule has 0 aliphatic rings. The van der Waals surface area contributed by atoms with Gasteiger partial charge < -0.3 is 4.90 Å². The molecular formula is C17H21N3O. The van der Waals surface area contributed by atoms with Crippen molar-refractivity contribution in [1.29, 1.82) is 0 Å². The van der Waals surface area contributed by atoms with Crippen molar-refractivity contribution < 1.29 is 4.79 Å². The van der Waals surface area contributed by atoms with Crippen LogP contribution in [-0.2, 0) is 4.79 Å². The number of para-hydroxylation sites is 2. The van der Waals surface area contributed by atoms with E-state index in [0.717, 1.165) is 37.0 Å². The number of rotatable bonds is 6. The fourth-order valence-electron chi connectivity index (χ4n) is 2.09. The molecule has 0 radical (unpaired) electrons. The first-order valence-electron chi connectivity index (χ1n) is 7.43. The first-order chi connectivity index (χ1) is 10.2. The number of amides is 1. The fourth-order valence-corrected chi connectivity index (χ4v) is 2.09. The van der Waals surface area contributed by atoms with Crippen molar-refractivity contribution in [3.63, 3.8) is 0 Å². The Morgan fingerprint density at radius 2 is 2.00 bits per heavy atom. The van der Waals surface area contributed by atoms with Crippen LogP contribution in [0.4, 0.5) is 0 Å². The van der Waals surface area contributed by atoms with Crippen molar-refractivity contribution in [3.05, 3.63) is 42.2 Å². The molecule has 2 rings (SSSR count). The quantitative estimate of drug-likeness (QED) is 0.764. The minimum Gasteiger partial charge on any atom is -0.339 e. The minimum absolute atomic E-state index is 0.0286. The minimum atomic E-state index is 0.0286. The molecule has 110 valence electrons. The van der Waals surface area contributed by atoms with Gasteiger partial charge in [-0.2, -0.15) is 0 Å². The Balaban J connectivity index is 2.09. The highest BCUT2D eigenvalue weighted by molar-refractivity contribution is 5.91. The maximum Gasteiger partial charge on any atom is 0.246 e. The average molecular weight is 283 g/mol. The van der Waals surface area contributed by atoms with Crippen molar-refractivity contribution in [2.24, 2.45) is 0 Å². The van der Waals surface area contributed by atoms with Gasteiger partial charge in [-0.05, 0) is 31.6 Å². The molecule has 0 saturated heterocycles. The summed E-state index contributed by atoms with van der Waals surface area (Å²) in [6.07, 6.45) is 7.12. The average Bonchev–Trinajstić information content (AvgIpc) is 2.53. The van der Waals surface area contributed by atoms with Crippen LogP contribution in [0.25, 0.3) is 17.1 Å². The molecule has 4 heteroatoms. The number of hydrogen-bond acceptors (Lipinski definition) is 3. The predicted molar refractivity (Wildman–Crippen MR) is 85.7 cm³/mol. The molecule has 1 aromatic heterocycles. The molecular weight excluding hydrogens is 262 g/mol. The SMILES string of the molecule is CCCCN(CC)C(=O)/C=C/c1cnc2ccccc2n1. The topological polar surface area (TPSA) is 46.1 Å². The van der Waals surface area contributed by atoms with Crippen LogP contribution in [0.15, 0.2) is 36.5 Å². The third kappa shape index (κ3) is 4.12. The summed E-state index contributed by atoms with van der Waals surface area (Å²) in [5.74, 6) is 0.0286. The lowest BCUT2D eigenvalue weighted by Gasteiger charge is -2.18. The van der Waals surface area contributed by atoms with Gasteiger partial charge in [0.15, 0.2) is 0 Å². The van der Waals surface area contributed by atoms with Crippen LogP contribution in [0.5, 0.6) is 0 Å². The van der Waals surface area contributed by atoms with Crippen LogP contribution in [0.1, 0.15) is 32.4 Å². The Morgan fingerprint density at radius 3 is 2.71 bits per heavy atom. The van der Waals surface area contributed by atoms with Gasteiger partial charge in [-0.25, -0.2) is 4.98 Å². The molecule has 4 nitrogen and oxygen atoms in total. The first-order valence-corrected chi connectivity index (χ1v) is 7.43. The van der Waals surface area contributed by atoms with Crippen molar-refractivity contribution in [2.75, 3.05) is 13.1 Å². The maximum absolute atomic E-state index is 12.1. The van der Waals surface area contributed by atoms with Crippen molar-refractivity contribution in [3.8, 4) is 0 Å². The smallest absolute Gasteiger partial charge is 0.246 e. The van der Waals surface area contributed by atoms with Crippen LogP contribution >= 0.6 is 0 Å². The number of unbranched alkanes of at least 4 members (excludes halogenated alkanes) is 1. The maximum atomic E-state index is 12.1. The summed E-state index contributed by atoms with van der Waals surface area (Å²) in [4.78, 5) is 22.8. The number of nitrogens with zero attached hydrogens (tertiary/aromatic N) is 3. The van der Waals surface area contributed by atoms with Crippen LogP contribution in [-0.4, -0.2) is 33.9 Å². The summed E-state index contributed by atoms with van der Waals surface area (Å²) in [6, 6.07) is 7.70. The molecule has 1 heterocycles. The van der Waals surface area contributed by atoms with Gasteiger partial charge in [0, 0.05) is 19.2 Å². The van der Waals surface area contributed by atoms with E-state index in [1.54, 1.807) is 18.3 Å². The van der Waals surface area contributed by atoms with E-state index < -0.39 is 0 Å². The number of fused-ring (bicyclic) bond motifs is 1. The summed E-state index contributed by atoms with van der Waals surface area (Å²) in [5, 5.41) is 0. The highest BCUT2D eigenvalue weighted by atomic mass is 16.2. The Kier molecular flexibility index (Phi) is 5.43. The van der Waals surface area contributed by atoms with Gasteiger partial charge in [0.05, 0.1) is 22.9 Å². The Morgan fingerprint density at radius 1 is 1.24 bits per heavy atom. The van der Waals surface area contributed by atoms with Gasteiger partial charge >= 0.3 is 0 Å². The molecule has 1 amide bonds. The van der Waals surface area contributed by atoms with Gasteiger partial charge in [0.25, 0.3) is 0 Å². The lowest BCUT2D eigenvalue weighted by atomic mass is 10.2. The molecule has 0 atom stereocenters. The Labute approximate surface area is 125 Å². The van der Waals surface area contributed by atoms with Crippen LogP contribution in [0.2, 0.25) is 0 Å². The highest BCUT2D eigenvalue weighted by Gasteiger charge is 2.07. The van der Waals surface area contributed by atoms with Crippen LogP contribution < -0.4 is 0 Å². The standard InChI is InChI=1S/C17H21N3O/c1-3-5-12-20(4-2)17(21)11-10-14-13-18-15-8-6-7-9-16(15)19-14/h6-11,13H,3-5,12H2,1-2H3/b11-10+. The normalized spacial score (nSPS) is 11.1. The lowest BCUT2D eigenvalue weighted by Crippen LogP contribution is -2.30. The van der Waals surface area contributed by atoms with E-state index in [1.807, 2.05) is 36.1 Å². The molecule has 0 saturated carbocycles. The Hall–Kier alpha value is -2.23. The van der Waals surface area contributed by atoms with E-state index >= 15 is 0 Å².